The van der Waals surface area contributed by atoms with Crippen LogP contribution in [0.3, 0.4) is 0 Å². The summed E-state index contributed by atoms with van der Waals surface area (Å²) in [5, 5.41) is 0. The van der Waals surface area contributed by atoms with Crippen molar-refractivity contribution < 1.29 is 14.4 Å². The zero-order valence-corrected chi connectivity index (χ0v) is 14.5. The molecule has 7 nitrogen and oxygen atoms in total. The molecule has 2 heterocycles. The predicted molar refractivity (Wildman–Crippen MR) is 91.3 cm³/mol. The van der Waals surface area contributed by atoms with E-state index < -0.39 is 23.3 Å². The van der Waals surface area contributed by atoms with Gasteiger partial charge in [0.05, 0.1) is 17.6 Å². The monoisotopic (exact) mass is 340 g/mol. The topological polar surface area (TPSA) is 83.5 Å². The minimum absolute atomic E-state index is 0.101. The number of fused-ring (bicyclic) bond motifs is 1. The summed E-state index contributed by atoms with van der Waals surface area (Å²) in [5.74, 6) is -0.849. The standard InChI is InChI=1S/C18H20N4O3/c1-4-18(5-2)15(23)21(3)17(25)22(16(18)24)11-12-6-7-13-14(10-12)20-9-8-19-13/h6-10H,4-5,11H2,1-3H3. The third kappa shape index (κ3) is 2.56. The van der Waals surface area contributed by atoms with Crippen LogP contribution in [0.15, 0.2) is 30.6 Å². The average Bonchev–Trinajstić information content (AvgIpc) is 2.65. The van der Waals surface area contributed by atoms with E-state index >= 15 is 0 Å². The molecule has 0 N–H and O–H groups in total. The number of nitrogens with zero attached hydrogens (tertiary/aromatic N) is 4. The van der Waals surface area contributed by atoms with Gasteiger partial charge in [-0.2, -0.15) is 0 Å². The molecule has 1 saturated heterocycles. The Hall–Kier alpha value is -2.83. The summed E-state index contributed by atoms with van der Waals surface area (Å²) < 4.78 is 0. The number of benzene rings is 1. The second-order valence-corrected chi connectivity index (χ2v) is 6.21. The highest BCUT2D eigenvalue weighted by atomic mass is 16.2. The molecular formula is C18H20N4O3. The van der Waals surface area contributed by atoms with Crippen molar-refractivity contribution in [2.24, 2.45) is 5.41 Å². The minimum atomic E-state index is -1.17. The molecule has 0 atom stereocenters. The number of amides is 4. The van der Waals surface area contributed by atoms with Crippen LogP contribution in [0.2, 0.25) is 0 Å². The highest BCUT2D eigenvalue weighted by Gasteiger charge is 2.54. The fraction of sp³-hybridized carbons (Fsp3) is 0.389. The van der Waals surface area contributed by atoms with Crippen molar-refractivity contribution in [1.82, 2.24) is 19.8 Å². The lowest BCUT2D eigenvalue weighted by Gasteiger charge is -2.42. The molecular weight excluding hydrogens is 320 g/mol. The summed E-state index contributed by atoms with van der Waals surface area (Å²) in [6.45, 7) is 3.70. The molecule has 1 fully saturated rings. The van der Waals surface area contributed by atoms with Crippen LogP contribution in [-0.2, 0) is 16.1 Å². The molecule has 0 spiro atoms. The van der Waals surface area contributed by atoms with Crippen LogP contribution in [0.25, 0.3) is 11.0 Å². The number of hydrogen-bond donors (Lipinski definition) is 0. The summed E-state index contributed by atoms with van der Waals surface area (Å²) in [4.78, 5) is 48.7. The predicted octanol–water partition coefficient (Wildman–Crippen LogP) is 2.36. The van der Waals surface area contributed by atoms with Gasteiger partial charge in [-0.3, -0.25) is 29.4 Å². The van der Waals surface area contributed by atoms with E-state index in [2.05, 4.69) is 9.97 Å². The largest absolute Gasteiger partial charge is 0.333 e. The number of carbonyl (C=O) groups excluding carboxylic acids is 3. The SMILES string of the molecule is CCC1(CC)C(=O)N(C)C(=O)N(Cc2ccc3nccnc3c2)C1=O. The molecule has 1 aliphatic rings. The van der Waals surface area contributed by atoms with Gasteiger partial charge in [0.15, 0.2) is 0 Å². The quantitative estimate of drug-likeness (QED) is 0.798. The van der Waals surface area contributed by atoms with Crippen LogP contribution in [0, 0.1) is 5.41 Å². The van der Waals surface area contributed by atoms with Gasteiger partial charge in [0, 0.05) is 19.4 Å². The minimum Gasteiger partial charge on any atom is -0.273 e. The molecule has 0 radical (unpaired) electrons. The number of aromatic nitrogens is 2. The Kier molecular flexibility index (Phi) is 4.24. The van der Waals surface area contributed by atoms with Gasteiger partial charge in [-0.25, -0.2) is 4.79 Å². The van der Waals surface area contributed by atoms with Gasteiger partial charge in [-0.1, -0.05) is 19.9 Å². The van der Waals surface area contributed by atoms with E-state index in [9.17, 15) is 14.4 Å². The molecule has 0 aliphatic carbocycles. The van der Waals surface area contributed by atoms with E-state index in [0.717, 1.165) is 20.9 Å². The van der Waals surface area contributed by atoms with Gasteiger partial charge < -0.3 is 0 Å². The number of urea groups is 1. The second kappa shape index (κ2) is 6.23. The zero-order chi connectivity index (χ0) is 18.2. The smallest absolute Gasteiger partial charge is 0.273 e. The first kappa shape index (κ1) is 17.0. The van der Waals surface area contributed by atoms with Gasteiger partial charge in [0.2, 0.25) is 11.8 Å². The van der Waals surface area contributed by atoms with E-state index in [1.54, 1.807) is 38.4 Å². The molecule has 1 aromatic heterocycles. The summed E-state index contributed by atoms with van der Waals surface area (Å²) in [7, 11) is 1.43. The zero-order valence-electron chi connectivity index (χ0n) is 14.5. The van der Waals surface area contributed by atoms with Crippen LogP contribution in [-0.4, -0.2) is 44.7 Å². The van der Waals surface area contributed by atoms with E-state index in [1.165, 1.54) is 7.05 Å². The normalized spacial score (nSPS) is 17.5. The van der Waals surface area contributed by atoms with E-state index in [4.69, 9.17) is 0 Å². The summed E-state index contributed by atoms with van der Waals surface area (Å²) in [6.07, 6.45) is 3.92. The maximum Gasteiger partial charge on any atom is 0.333 e. The van der Waals surface area contributed by atoms with Crippen LogP contribution < -0.4 is 0 Å². The summed E-state index contributed by atoms with van der Waals surface area (Å²) >= 11 is 0. The maximum absolute atomic E-state index is 13.0. The van der Waals surface area contributed by atoms with Crippen LogP contribution >= 0.6 is 0 Å². The van der Waals surface area contributed by atoms with Crippen molar-refractivity contribution in [3.8, 4) is 0 Å². The first-order valence-electron chi connectivity index (χ1n) is 8.28. The fourth-order valence-corrected chi connectivity index (χ4v) is 3.31. The van der Waals surface area contributed by atoms with Crippen molar-refractivity contribution in [2.45, 2.75) is 33.2 Å². The molecule has 0 bridgehead atoms. The van der Waals surface area contributed by atoms with Gasteiger partial charge >= 0.3 is 6.03 Å². The lowest BCUT2D eigenvalue weighted by Crippen LogP contribution is -2.63. The molecule has 4 amide bonds. The van der Waals surface area contributed by atoms with Crippen LogP contribution in [0.4, 0.5) is 4.79 Å². The molecule has 1 aliphatic heterocycles. The Morgan fingerprint density at radius 1 is 0.960 bits per heavy atom. The Balaban J connectivity index is 1.97. The Bertz CT molecular complexity index is 860. The Labute approximate surface area is 145 Å². The van der Waals surface area contributed by atoms with Crippen LogP contribution in [0.5, 0.6) is 0 Å². The van der Waals surface area contributed by atoms with Crippen LogP contribution in [0.1, 0.15) is 32.3 Å². The molecule has 1 aromatic carbocycles. The van der Waals surface area contributed by atoms with E-state index in [1.807, 2.05) is 6.07 Å². The third-order valence-corrected chi connectivity index (χ3v) is 4.97. The molecule has 0 saturated carbocycles. The van der Waals surface area contributed by atoms with E-state index in [0.29, 0.717) is 18.4 Å². The second-order valence-electron chi connectivity index (χ2n) is 6.21. The third-order valence-electron chi connectivity index (χ3n) is 4.97. The number of hydrogen-bond acceptors (Lipinski definition) is 5. The highest BCUT2D eigenvalue weighted by molar-refractivity contribution is 6.18. The molecule has 25 heavy (non-hydrogen) atoms. The molecule has 7 heteroatoms. The van der Waals surface area contributed by atoms with E-state index in [-0.39, 0.29) is 6.54 Å². The van der Waals surface area contributed by atoms with Gasteiger partial charge in [0.1, 0.15) is 5.41 Å². The molecule has 3 rings (SSSR count). The molecule has 2 aromatic rings. The molecule has 0 unspecified atom stereocenters. The summed E-state index contributed by atoms with van der Waals surface area (Å²) in [5.41, 5.74) is 1.03. The van der Waals surface area contributed by atoms with Crippen molar-refractivity contribution in [3.63, 3.8) is 0 Å². The number of imide groups is 2. The van der Waals surface area contributed by atoms with Crippen molar-refractivity contribution in [2.75, 3.05) is 7.05 Å². The highest BCUT2D eigenvalue weighted by Crippen LogP contribution is 2.36. The van der Waals surface area contributed by atoms with Crippen molar-refractivity contribution in [3.05, 3.63) is 36.2 Å². The fourth-order valence-electron chi connectivity index (χ4n) is 3.31. The number of barbiturate groups is 1. The lowest BCUT2D eigenvalue weighted by atomic mass is 9.78. The summed E-state index contributed by atoms with van der Waals surface area (Å²) in [6, 6.07) is 4.83. The van der Waals surface area contributed by atoms with Gasteiger partial charge in [-0.05, 0) is 30.5 Å². The van der Waals surface area contributed by atoms with Gasteiger partial charge in [-0.15, -0.1) is 0 Å². The first-order valence-corrected chi connectivity index (χ1v) is 8.28. The van der Waals surface area contributed by atoms with Crippen molar-refractivity contribution in [1.29, 1.82) is 0 Å². The lowest BCUT2D eigenvalue weighted by molar-refractivity contribution is -0.159. The maximum atomic E-state index is 13.0. The average molecular weight is 340 g/mol. The Morgan fingerprint density at radius 2 is 1.60 bits per heavy atom. The van der Waals surface area contributed by atoms with Crippen molar-refractivity contribution >= 4 is 28.9 Å². The Morgan fingerprint density at radius 3 is 2.24 bits per heavy atom. The molecule has 130 valence electrons. The number of carbonyl (C=O) groups is 3. The number of rotatable bonds is 4. The van der Waals surface area contributed by atoms with Gasteiger partial charge in [0.25, 0.3) is 0 Å². The first-order chi connectivity index (χ1) is 11.9.